The van der Waals surface area contributed by atoms with Crippen molar-refractivity contribution in [2.24, 2.45) is 0 Å². The average Bonchev–Trinajstić information content (AvgIpc) is 3.50. The predicted molar refractivity (Wildman–Crippen MR) is 127 cm³/mol. The number of phenolic OH excluding ortho intramolecular Hbond substituents is 2. The smallest absolute Gasteiger partial charge is 0.124 e. The van der Waals surface area contributed by atoms with Gasteiger partial charge in [0.2, 0.25) is 0 Å². The number of aromatic hydroxyl groups is 2. The molecule has 3 aromatic carbocycles. The fourth-order valence-corrected chi connectivity index (χ4v) is 7.44. The van der Waals surface area contributed by atoms with Crippen molar-refractivity contribution in [2.75, 3.05) is 0 Å². The van der Waals surface area contributed by atoms with Gasteiger partial charge < -0.3 is 10.2 Å². The summed E-state index contributed by atoms with van der Waals surface area (Å²) in [6, 6.07) is 17.1. The Bertz CT molecular complexity index is 1240. The molecule has 4 unspecified atom stereocenters. The highest BCUT2D eigenvalue weighted by Gasteiger charge is 2.55. The minimum absolute atomic E-state index is 0.0388. The van der Waals surface area contributed by atoms with Crippen LogP contribution in [-0.2, 0) is 0 Å². The summed E-state index contributed by atoms with van der Waals surface area (Å²) in [6.07, 6.45) is 0. The molecule has 0 radical (unpaired) electrons. The zero-order valence-corrected chi connectivity index (χ0v) is 18.8. The second kappa shape index (κ2) is 5.75. The first-order chi connectivity index (χ1) is 15.4. The van der Waals surface area contributed by atoms with E-state index in [0.29, 0.717) is 11.5 Å². The predicted octanol–water partition coefficient (Wildman–Crippen LogP) is 6.95. The van der Waals surface area contributed by atoms with E-state index in [2.05, 4.69) is 76.2 Å². The van der Waals surface area contributed by atoms with Crippen molar-refractivity contribution in [3.05, 3.63) is 115 Å². The highest BCUT2D eigenvalue weighted by Crippen LogP contribution is 2.71. The second-order valence-corrected chi connectivity index (χ2v) is 10.3. The normalized spacial score (nSPS) is 25.0. The zero-order chi connectivity index (χ0) is 22.0. The van der Waals surface area contributed by atoms with Gasteiger partial charge in [0.25, 0.3) is 0 Å². The average molecular weight is 419 g/mol. The van der Waals surface area contributed by atoms with E-state index in [1.807, 2.05) is 0 Å². The monoisotopic (exact) mass is 418 g/mol. The van der Waals surface area contributed by atoms with Crippen LogP contribution in [0.4, 0.5) is 0 Å². The molecule has 0 spiro atoms. The summed E-state index contributed by atoms with van der Waals surface area (Å²) in [4.78, 5) is 0. The Morgan fingerprint density at radius 1 is 0.500 bits per heavy atom. The second-order valence-electron chi connectivity index (χ2n) is 10.3. The van der Waals surface area contributed by atoms with Gasteiger partial charge in [-0.25, -0.2) is 0 Å². The van der Waals surface area contributed by atoms with Crippen LogP contribution in [0.3, 0.4) is 0 Å². The molecule has 3 aromatic rings. The molecule has 4 aliphatic rings. The Kier molecular flexibility index (Phi) is 3.29. The van der Waals surface area contributed by atoms with Crippen LogP contribution in [0, 0.1) is 0 Å². The standard InChI is InChI=1S/C30H26O2/c1-13(2)19-21-15-9-5-6-10-16(15)22(19)26-25(21)29(31)27-23-17-11-7-8-12-18(17)24(20(23)14(3)4)28(27)30(26)32/h5-12,21-24,31-32H,1-4H3. The minimum Gasteiger partial charge on any atom is -0.507 e. The third-order valence-corrected chi connectivity index (χ3v) is 8.39. The molecule has 0 saturated carbocycles. The first-order valence-electron chi connectivity index (χ1n) is 11.6. The molecule has 0 saturated heterocycles. The lowest BCUT2D eigenvalue weighted by Gasteiger charge is -2.27. The topological polar surface area (TPSA) is 40.5 Å². The number of hydrogen-bond donors (Lipinski definition) is 2. The largest absolute Gasteiger partial charge is 0.507 e. The number of phenols is 2. The van der Waals surface area contributed by atoms with Gasteiger partial charge in [-0.1, -0.05) is 59.7 Å². The molecule has 4 aliphatic carbocycles. The lowest BCUT2D eigenvalue weighted by atomic mass is 9.77. The fourth-order valence-electron chi connectivity index (χ4n) is 7.44. The van der Waals surface area contributed by atoms with E-state index in [1.165, 1.54) is 44.5 Å². The first kappa shape index (κ1) is 18.3. The fraction of sp³-hybridized carbons (Fsp3) is 0.267. The summed E-state index contributed by atoms with van der Waals surface area (Å²) < 4.78 is 0. The Morgan fingerprint density at radius 2 is 0.750 bits per heavy atom. The van der Waals surface area contributed by atoms with Crippen LogP contribution in [0.5, 0.6) is 11.5 Å². The van der Waals surface area contributed by atoms with Crippen molar-refractivity contribution in [1.29, 1.82) is 0 Å². The maximum atomic E-state index is 11.9. The van der Waals surface area contributed by atoms with Gasteiger partial charge in [0, 0.05) is 45.9 Å². The molecule has 7 rings (SSSR count). The Hall–Kier alpha value is -3.26. The molecule has 4 atom stereocenters. The molecule has 2 nitrogen and oxygen atoms in total. The Labute approximate surface area is 188 Å². The van der Waals surface area contributed by atoms with Crippen molar-refractivity contribution in [1.82, 2.24) is 0 Å². The van der Waals surface area contributed by atoms with Crippen molar-refractivity contribution >= 4 is 0 Å². The van der Waals surface area contributed by atoms with Gasteiger partial charge in [0.05, 0.1) is 0 Å². The molecule has 32 heavy (non-hydrogen) atoms. The van der Waals surface area contributed by atoms with Crippen LogP contribution < -0.4 is 0 Å². The van der Waals surface area contributed by atoms with E-state index < -0.39 is 0 Å². The van der Waals surface area contributed by atoms with Crippen LogP contribution in [0.25, 0.3) is 0 Å². The summed E-state index contributed by atoms with van der Waals surface area (Å²) in [5.41, 5.74) is 14.1. The van der Waals surface area contributed by atoms with Gasteiger partial charge in [-0.2, -0.15) is 0 Å². The molecule has 158 valence electrons. The molecule has 0 fully saturated rings. The van der Waals surface area contributed by atoms with Crippen LogP contribution in [0.2, 0.25) is 0 Å². The molecule has 0 aliphatic heterocycles. The maximum Gasteiger partial charge on any atom is 0.124 e. The highest BCUT2D eigenvalue weighted by atomic mass is 16.3. The van der Waals surface area contributed by atoms with Crippen molar-refractivity contribution in [3.63, 3.8) is 0 Å². The van der Waals surface area contributed by atoms with Gasteiger partial charge >= 0.3 is 0 Å². The molecule has 4 bridgehead atoms. The van der Waals surface area contributed by atoms with Gasteiger partial charge in [0.1, 0.15) is 11.5 Å². The van der Waals surface area contributed by atoms with Crippen molar-refractivity contribution in [3.8, 4) is 11.5 Å². The van der Waals surface area contributed by atoms with E-state index in [-0.39, 0.29) is 23.7 Å². The van der Waals surface area contributed by atoms with E-state index in [4.69, 9.17) is 0 Å². The number of rotatable bonds is 0. The summed E-state index contributed by atoms with van der Waals surface area (Å²) in [5.74, 6) is 0.978. The van der Waals surface area contributed by atoms with E-state index in [9.17, 15) is 10.2 Å². The van der Waals surface area contributed by atoms with Crippen LogP contribution in [0.1, 0.15) is 95.9 Å². The SMILES string of the molecule is CC(C)=C1C2c3ccccc3C1c1c(O)c3c(c(O)c12)C1C(=C(C)C)C3c2ccccc21. The quantitative estimate of drug-likeness (QED) is 0.306. The maximum absolute atomic E-state index is 11.9. The number of benzene rings is 3. The minimum atomic E-state index is 0.0388. The molecule has 0 amide bonds. The third kappa shape index (κ3) is 1.82. The summed E-state index contributed by atoms with van der Waals surface area (Å²) in [5, 5.41) is 23.8. The van der Waals surface area contributed by atoms with Gasteiger partial charge in [-0.15, -0.1) is 0 Å². The molecule has 0 heterocycles. The molecule has 2 heteroatoms. The van der Waals surface area contributed by atoms with E-state index in [0.717, 1.165) is 22.3 Å². The Morgan fingerprint density at radius 3 is 0.969 bits per heavy atom. The van der Waals surface area contributed by atoms with Gasteiger partial charge in [0.15, 0.2) is 0 Å². The van der Waals surface area contributed by atoms with Gasteiger partial charge in [-0.3, -0.25) is 0 Å². The zero-order valence-electron chi connectivity index (χ0n) is 18.8. The molecular weight excluding hydrogens is 392 g/mol. The molecule has 0 aromatic heterocycles. The first-order valence-corrected chi connectivity index (χ1v) is 11.6. The third-order valence-electron chi connectivity index (χ3n) is 8.39. The van der Waals surface area contributed by atoms with Gasteiger partial charge in [-0.05, 0) is 61.1 Å². The van der Waals surface area contributed by atoms with Crippen LogP contribution >= 0.6 is 0 Å². The summed E-state index contributed by atoms with van der Waals surface area (Å²) in [6.45, 7) is 8.65. The van der Waals surface area contributed by atoms with E-state index in [1.54, 1.807) is 0 Å². The van der Waals surface area contributed by atoms with Crippen molar-refractivity contribution in [2.45, 2.75) is 51.4 Å². The summed E-state index contributed by atoms with van der Waals surface area (Å²) in [7, 11) is 0. The number of hydrogen-bond acceptors (Lipinski definition) is 2. The van der Waals surface area contributed by atoms with E-state index >= 15 is 0 Å². The lowest BCUT2D eigenvalue weighted by molar-refractivity contribution is 0.440. The molecular formula is C30H26O2. The lowest BCUT2D eigenvalue weighted by Crippen LogP contribution is -2.10. The van der Waals surface area contributed by atoms with Crippen LogP contribution in [-0.4, -0.2) is 10.2 Å². The van der Waals surface area contributed by atoms with Crippen molar-refractivity contribution < 1.29 is 10.2 Å². The Balaban J connectivity index is 1.60. The number of fused-ring (bicyclic) bond motifs is 16. The number of allylic oxidation sites excluding steroid dienone is 4. The molecule has 2 N–H and O–H groups in total. The van der Waals surface area contributed by atoms with Crippen LogP contribution in [0.15, 0.2) is 70.8 Å². The summed E-state index contributed by atoms with van der Waals surface area (Å²) >= 11 is 0. The highest BCUT2D eigenvalue weighted by molar-refractivity contribution is 5.83.